The van der Waals surface area contributed by atoms with Gasteiger partial charge in [-0.1, -0.05) is 25.4 Å². The standard InChI is InChI=1S/C19H21ClO5S/c1-5-6-26-14-8-11(21)7-10(2)19(14)18(22)15-12(23-3)9-13(24-4)16(20)17(15)25-19/h8-10H,5-7H2,1-4H3. The molecule has 1 spiro atoms. The molecule has 5 nitrogen and oxygen atoms in total. The molecule has 26 heavy (non-hydrogen) atoms. The zero-order valence-corrected chi connectivity index (χ0v) is 16.8. The fourth-order valence-corrected chi connectivity index (χ4v) is 4.90. The molecule has 2 atom stereocenters. The number of hydrogen-bond donors (Lipinski definition) is 0. The van der Waals surface area contributed by atoms with E-state index in [4.69, 9.17) is 25.8 Å². The van der Waals surface area contributed by atoms with E-state index in [-0.39, 0.29) is 34.7 Å². The van der Waals surface area contributed by atoms with Gasteiger partial charge in [0, 0.05) is 23.3 Å². The normalized spacial score (nSPS) is 24.3. The van der Waals surface area contributed by atoms with Crippen LogP contribution >= 0.6 is 23.4 Å². The van der Waals surface area contributed by atoms with Crippen molar-refractivity contribution in [1.29, 1.82) is 0 Å². The Kier molecular flexibility index (Phi) is 5.26. The molecule has 1 aromatic rings. The van der Waals surface area contributed by atoms with Crippen LogP contribution in [-0.4, -0.2) is 37.1 Å². The second kappa shape index (κ2) is 7.16. The Hall–Kier alpha value is -1.66. The summed E-state index contributed by atoms with van der Waals surface area (Å²) in [5.74, 6) is 1.25. The zero-order valence-electron chi connectivity index (χ0n) is 15.2. The predicted octanol–water partition coefficient (Wildman–Crippen LogP) is 4.31. The number of halogens is 1. The van der Waals surface area contributed by atoms with Crippen LogP contribution in [0.1, 0.15) is 37.0 Å². The van der Waals surface area contributed by atoms with Gasteiger partial charge in [0.05, 0.1) is 14.2 Å². The number of Topliss-reactive ketones (excluding diaryl/α,β-unsaturated/α-hetero) is 1. The number of fused-ring (bicyclic) bond motifs is 1. The summed E-state index contributed by atoms with van der Waals surface area (Å²) in [4.78, 5) is 26.3. The number of benzene rings is 1. The topological polar surface area (TPSA) is 61.8 Å². The number of ketones is 2. The number of carbonyl (C=O) groups is 2. The first-order valence-electron chi connectivity index (χ1n) is 8.46. The molecule has 0 saturated carbocycles. The lowest BCUT2D eigenvalue weighted by atomic mass is 9.77. The van der Waals surface area contributed by atoms with Crippen molar-refractivity contribution < 1.29 is 23.8 Å². The Labute approximate surface area is 162 Å². The second-order valence-corrected chi connectivity index (χ2v) is 7.91. The molecule has 140 valence electrons. The van der Waals surface area contributed by atoms with E-state index in [1.807, 2.05) is 13.8 Å². The molecule has 2 unspecified atom stereocenters. The van der Waals surface area contributed by atoms with Crippen molar-refractivity contribution in [1.82, 2.24) is 0 Å². The summed E-state index contributed by atoms with van der Waals surface area (Å²) in [6, 6.07) is 1.59. The van der Waals surface area contributed by atoms with Gasteiger partial charge in [-0.3, -0.25) is 9.59 Å². The Morgan fingerprint density at radius 1 is 1.31 bits per heavy atom. The van der Waals surface area contributed by atoms with E-state index in [9.17, 15) is 9.59 Å². The number of thioether (sulfide) groups is 1. The first-order valence-corrected chi connectivity index (χ1v) is 9.83. The van der Waals surface area contributed by atoms with Crippen molar-refractivity contribution in [2.24, 2.45) is 5.92 Å². The minimum atomic E-state index is -1.24. The smallest absolute Gasteiger partial charge is 0.219 e. The molecule has 1 aromatic carbocycles. The Morgan fingerprint density at radius 2 is 2.00 bits per heavy atom. The van der Waals surface area contributed by atoms with E-state index in [1.54, 1.807) is 12.1 Å². The molecule has 1 aliphatic heterocycles. The van der Waals surface area contributed by atoms with Crippen LogP contribution in [0.4, 0.5) is 0 Å². The Morgan fingerprint density at radius 3 is 2.62 bits per heavy atom. The largest absolute Gasteiger partial charge is 0.496 e. The maximum atomic E-state index is 13.5. The van der Waals surface area contributed by atoms with Crippen LogP contribution in [0.3, 0.4) is 0 Å². The van der Waals surface area contributed by atoms with Crippen LogP contribution < -0.4 is 14.2 Å². The first kappa shape index (κ1) is 19.1. The second-order valence-electron chi connectivity index (χ2n) is 6.39. The van der Waals surface area contributed by atoms with Gasteiger partial charge in [-0.15, -0.1) is 11.8 Å². The molecule has 0 aromatic heterocycles. The van der Waals surface area contributed by atoms with Crippen LogP contribution in [0.25, 0.3) is 0 Å². The molecule has 1 aliphatic carbocycles. The van der Waals surface area contributed by atoms with E-state index >= 15 is 0 Å². The number of rotatable bonds is 5. The molecule has 0 N–H and O–H groups in total. The van der Waals surface area contributed by atoms with E-state index in [0.717, 1.165) is 12.2 Å². The summed E-state index contributed by atoms with van der Waals surface area (Å²) < 4.78 is 16.9. The summed E-state index contributed by atoms with van der Waals surface area (Å²) in [6.07, 6.45) is 2.70. The highest BCUT2D eigenvalue weighted by molar-refractivity contribution is 8.03. The molecular weight excluding hydrogens is 376 g/mol. The lowest BCUT2D eigenvalue weighted by molar-refractivity contribution is -0.117. The monoisotopic (exact) mass is 396 g/mol. The van der Waals surface area contributed by atoms with Crippen LogP contribution in [0.5, 0.6) is 17.2 Å². The van der Waals surface area contributed by atoms with Gasteiger partial charge in [0.15, 0.2) is 11.5 Å². The number of allylic oxidation sites excluding steroid dienone is 1. The van der Waals surface area contributed by atoms with Gasteiger partial charge in [0.1, 0.15) is 22.1 Å². The zero-order chi connectivity index (χ0) is 19.1. The van der Waals surface area contributed by atoms with Crippen LogP contribution in [0.2, 0.25) is 5.02 Å². The average molecular weight is 397 g/mol. The quantitative estimate of drug-likeness (QED) is 0.739. The van der Waals surface area contributed by atoms with Crippen molar-refractivity contribution in [3.05, 3.63) is 27.6 Å². The summed E-state index contributed by atoms with van der Waals surface area (Å²) in [5.41, 5.74) is -0.929. The molecule has 0 fully saturated rings. The van der Waals surface area contributed by atoms with Gasteiger partial charge in [-0.25, -0.2) is 0 Å². The highest BCUT2D eigenvalue weighted by Gasteiger charge is 2.58. The van der Waals surface area contributed by atoms with Crippen molar-refractivity contribution in [3.8, 4) is 17.2 Å². The van der Waals surface area contributed by atoms with Gasteiger partial charge in [0.25, 0.3) is 0 Å². The van der Waals surface area contributed by atoms with E-state index in [1.165, 1.54) is 26.0 Å². The van der Waals surface area contributed by atoms with E-state index in [2.05, 4.69) is 0 Å². The molecule has 0 amide bonds. The van der Waals surface area contributed by atoms with Crippen molar-refractivity contribution in [2.75, 3.05) is 20.0 Å². The molecular formula is C19H21ClO5S. The summed E-state index contributed by atoms with van der Waals surface area (Å²) in [5, 5.41) is 0.234. The maximum Gasteiger partial charge on any atom is 0.219 e. The Balaban J connectivity index is 2.19. The Bertz CT molecular complexity index is 804. The lowest BCUT2D eigenvalue weighted by Gasteiger charge is -2.37. The third-order valence-corrected chi connectivity index (χ3v) is 6.44. The van der Waals surface area contributed by atoms with Gasteiger partial charge >= 0.3 is 0 Å². The van der Waals surface area contributed by atoms with Crippen molar-refractivity contribution in [2.45, 2.75) is 32.3 Å². The third-order valence-electron chi connectivity index (χ3n) is 4.74. The van der Waals surface area contributed by atoms with Crippen LogP contribution in [-0.2, 0) is 4.79 Å². The molecule has 2 aliphatic rings. The first-order chi connectivity index (χ1) is 12.4. The minimum absolute atomic E-state index is 0.00438. The van der Waals surface area contributed by atoms with Crippen LogP contribution in [0, 0.1) is 5.92 Å². The number of ether oxygens (including phenoxy) is 3. The minimum Gasteiger partial charge on any atom is -0.496 e. The molecule has 3 rings (SSSR count). The van der Waals surface area contributed by atoms with E-state index in [0.29, 0.717) is 22.0 Å². The van der Waals surface area contributed by atoms with Gasteiger partial charge in [0.2, 0.25) is 11.4 Å². The SMILES string of the molecule is CCCSC1=CC(=O)CC(C)C12Oc1c(Cl)c(OC)cc(OC)c1C2=O. The fraction of sp³-hybridized carbons (Fsp3) is 0.474. The maximum absolute atomic E-state index is 13.5. The summed E-state index contributed by atoms with van der Waals surface area (Å²) >= 11 is 7.91. The van der Waals surface area contributed by atoms with Crippen molar-refractivity contribution in [3.63, 3.8) is 0 Å². The van der Waals surface area contributed by atoms with Crippen molar-refractivity contribution >= 4 is 34.9 Å². The number of methoxy groups -OCH3 is 2. The lowest BCUT2D eigenvalue weighted by Crippen LogP contribution is -2.50. The predicted molar refractivity (Wildman–Crippen MR) is 102 cm³/mol. The molecule has 0 radical (unpaired) electrons. The molecule has 0 bridgehead atoms. The highest BCUT2D eigenvalue weighted by atomic mass is 35.5. The number of hydrogen-bond acceptors (Lipinski definition) is 6. The van der Waals surface area contributed by atoms with Crippen LogP contribution in [0.15, 0.2) is 17.0 Å². The van der Waals surface area contributed by atoms with E-state index < -0.39 is 5.60 Å². The third kappa shape index (κ3) is 2.70. The van der Waals surface area contributed by atoms with Gasteiger partial charge in [-0.05, 0) is 18.2 Å². The van der Waals surface area contributed by atoms with Gasteiger partial charge in [-0.2, -0.15) is 0 Å². The molecule has 0 saturated heterocycles. The molecule has 7 heteroatoms. The fourth-order valence-electron chi connectivity index (χ4n) is 3.45. The average Bonchev–Trinajstić information content (AvgIpc) is 2.93. The summed E-state index contributed by atoms with van der Waals surface area (Å²) in [7, 11) is 2.97. The van der Waals surface area contributed by atoms with Gasteiger partial charge < -0.3 is 14.2 Å². The number of carbonyl (C=O) groups excluding carboxylic acids is 2. The highest BCUT2D eigenvalue weighted by Crippen LogP contribution is 2.56. The molecule has 1 heterocycles. The summed E-state index contributed by atoms with van der Waals surface area (Å²) in [6.45, 7) is 3.91.